The second kappa shape index (κ2) is 10.5. The van der Waals surface area contributed by atoms with Gasteiger partial charge in [-0.1, -0.05) is 30.3 Å². The second-order valence-corrected chi connectivity index (χ2v) is 7.03. The summed E-state index contributed by atoms with van der Waals surface area (Å²) in [5.41, 5.74) is 1.83. The number of carbonyl (C=O) groups is 2. The normalized spacial score (nSPS) is 14.3. The number of nitrogens with zero attached hydrogens (tertiary/aromatic N) is 2. The van der Waals surface area contributed by atoms with Gasteiger partial charge in [-0.2, -0.15) is 0 Å². The molecule has 2 N–H and O–H groups in total. The Bertz CT molecular complexity index is 805. The number of hydrogen-bond acceptors (Lipinski definition) is 5. The smallest absolute Gasteiger partial charge is 0.409 e. The van der Waals surface area contributed by atoms with E-state index in [0.717, 1.165) is 25.8 Å². The molecule has 3 rings (SSSR count). The maximum absolute atomic E-state index is 12.6. The van der Waals surface area contributed by atoms with E-state index < -0.39 is 0 Å². The lowest BCUT2D eigenvalue weighted by Gasteiger charge is -2.31. The van der Waals surface area contributed by atoms with Crippen LogP contribution in [-0.2, 0) is 11.2 Å². The first-order chi connectivity index (χ1) is 14.2. The molecule has 7 nitrogen and oxygen atoms in total. The molecule has 29 heavy (non-hydrogen) atoms. The van der Waals surface area contributed by atoms with Crippen LogP contribution in [0.3, 0.4) is 0 Å². The number of ether oxygens (including phenoxy) is 1. The van der Waals surface area contributed by atoms with Crippen LogP contribution in [0.4, 0.5) is 10.6 Å². The molecule has 0 saturated carbocycles. The summed E-state index contributed by atoms with van der Waals surface area (Å²) in [6.07, 6.45) is 3.69. The van der Waals surface area contributed by atoms with Crippen LogP contribution in [0.1, 0.15) is 35.7 Å². The highest BCUT2D eigenvalue weighted by atomic mass is 16.6. The molecular formula is C22H28N4O3. The average Bonchev–Trinajstić information content (AvgIpc) is 2.75. The Kier molecular flexibility index (Phi) is 7.44. The Hall–Kier alpha value is -3.09. The van der Waals surface area contributed by atoms with Crippen LogP contribution in [0.2, 0.25) is 0 Å². The van der Waals surface area contributed by atoms with Gasteiger partial charge in [-0.05, 0) is 43.9 Å². The Morgan fingerprint density at radius 2 is 1.93 bits per heavy atom. The minimum atomic E-state index is -0.280. The molecule has 2 aromatic rings. The van der Waals surface area contributed by atoms with Crippen LogP contribution >= 0.6 is 0 Å². The van der Waals surface area contributed by atoms with E-state index in [9.17, 15) is 9.59 Å². The predicted octanol–water partition coefficient (Wildman–Crippen LogP) is 3.09. The molecule has 154 valence electrons. The monoisotopic (exact) mass is 396 g/mol. The van der Waals surface area contributed by atoms with Crippen molar-refractivity contribution in [2.24, 2.45) is 0 Å². The second-order valence-electron chi connectivity index (χ2n) is 7.03. The zero-order valence-corrected chi connectivity index (χ0v) is 16.8. The van der Waals surface area contributed by atoms with E-state index in [1.807, 2.05) is 18.2 Å². The summed E-state index contributed by atoms with van der Waals surface area (Å²) < 4.78 is 5.03. The van der Waals surface area contributed by atoms with Gasteiger partial charge in [0.1, 0.15) is 5.82 Å². The molecule has 0 unspecified atom stereocenters. The standard InChI is InChI=1S/C22H28N4O3/c1-2-29-22(28)26-14-10-19(11-15-26)25-21(27)18-9-13-24-20(16-18)23-12-8-17-6-4-3-5-7-17/h3-7,9,13,16,19H,2,8,10-12,14-15H2,1H3,(H,23,24)(H,25,27). The third-order valence-corrected chi connectivity index (χ3v) is 4.94. The van der Waals surface area contributed by atoms with Crippen LogP contribution in [0.15, 0.2) is 48.7 Å². The first-order valence-corrected chi connectivity index (χ1v) is 10.1. The number of likely N-dealkylation sites (tertiary alicyclic amines) is 1. The van der Waals surface area contributed by atoms with Crippen molar-refractivity contribution in [3.05, 3.63) is 59.8 Å². The molecule has 1 fully saturated rings. The Morgan fingerprint density at radius 1 is 1.17 bits per heavy atom. The lowest BCUT2D eigenvalue weighted by Crippen LogP contribution is -2.46. The van der Waals surface area contributed by atoms with Gasteiger partial charge in [-0.3, -0.25) is 4.79 Å². The third kappa shape index (κ3) is 6.20. The Labute approximate surface area is 171 Å². The van der Waals surface area contributed by atoms with Gasteiger partial charge in [0.05, 0.1) is 6.61 Å². The molecule has 0 bridgehead atoms. The lowest BCUT2D eigenvalue weighted by atomic mass is 10.0. The Morgan fingerprint density at radius 3 is 2.66 bits per heavy atom. The van der Waals surface area contributed by atoms with Gasteiger partial charge in [-0.25, -0.2) is 9.78 Å². The number of carbonyl (C=O) groups excluding carboxylic acids is 2. The predicted molar refractivity (Wildman–Crippen MR) is 112 cm³/mol. The van der Waals surface area contributed by atoms with Gasteiger partial charge in [0.2, 0.25) is 0 Å². The highest BCUT2D eigenvalue weighted by Crippen LogP contribution is 2.13. The molecular weight excluding hydrogens is 368 g/mol. The van der Waals surface area contributed by atoms with Crippen molar-refractivity contribution in [1.82, 2.24) is 15.2 Å². The van der Waals surface area contributed by atoms with Crippen molar-refractivity contribution >= 4 is 17.8 Å². The molecule has 0 aliphatic carbocycles. The number of rotatable bonds is 7. The van der Waals surface area contributed by atoms with Crippen LogP contribution in [0.5, 0.6) is 0 Å². The number of amides is 2. The van der Waals surface area contributed by atoms with Crippen molar-refractivity contribution < 1.29 is 14.3 Å². The highest BCUT2D eigenvalue weighted by Gasteiger charge is 2.24. The summed E-state index contributed by atoms with van der Waals surface area (Å²) in [4.78, 5) is 30.4. The van der Waals surface area contributed by atoms with Crippen molar-refractivity contribution in [1.29, 1.82) is 0 Å². The molecule has 1 aliphatic heterocycles. The van der Waals surface area contributed by atoms with Crippen LogP contribution < -0.4 is 10.6 Å². The number of pyridine rings is 1. The van der Waals surface area contributed by atoms with E-state index in [-0.39, 0.29) is 18.0 Å². The summed E-state index contributed by atoms with van der Waals surface area (Å²) >= 11 is 0. The van der Waals surface area contributed by atoms with Crippen molar-refractivity contribution in [3.63, 3.8) is 0 Å². The molecule has 2 heterocycles. The zero-order chi connectivity index (χ0) is 20.5. The molecule has 0 spiro atoms. The molecule has 1 saturated heterocycles. The zero-order valence-electron chi connectivity index (χ0n) is 16.8. The minimum absolute atomic E-state index is 0.0517. The van der Waals surface area contributed by atoms with E-state index >= 15 is 0 Å². The number of hydrogen-bond donors (Lipinski definition) is 2. The number of anilines is 1. The van der Waals surface area contributed by atoms with Crippen LogP contribution in [0, 0.1) is 0 Å². The molecule has 0 atom stereocenters. The molecule has 7 heteroatoms. The van der Waals surface area contributed by atoms with Gasteiger partial charge in [0, 0.05) is 37.4 Å². The molecule has 2 amide bonds. The van der Waals surface area contributed by atoms with E-state index in [1.165, 1.54) is 5.56 Å². The van der Waals surface area contributed by atoms with Crippen molar-refractivity contribution in [3.8, 4) is 0 Å². The van der Waals surface area contributed by atoms with E-state index in [1.54, 1.807) is 30.2 Å². The van der Waals surface area contributed by atoms with Gasteiger partial charge in [0.25, 0.3) is 5.91 Å². The quantitative estimate of drug-likeness (QED) is 0.751. The fourth-order valence-corrected chi connectivity index (χ4v) is 3.34. The summed E-state index contributed by atoms with van der Waals surface area (Å²) in [7, 11) is 0. The summed E-state index contributed by atoms with van der Waals surface area (Å²) in [5, 5.41) is 6.34. The third-order valence-electron chi connectivity index (χ3n) is 4.94. The summed E-state index contributed by atoms with van der Waals surface area (Å²) in [6.45, 7) is 4.09. The summed E-state index contributed by atoms with van der Waals surface area (Å²) in [6, 6.07) is 13.8. The van der Waals surface area contributed by atoms with Crippen molar-refractivity contribution in [2.45, 2.75) is 32.2 Å². The number of benzene rings is 1. The van der Waals surface area contributed by atoms with E-state index in [0.29, 0.717) is 31.1 Å². The number of piperidine rings is 1. The van der Waals surface area contributed by atoms with Crippen LogP contribution in [0.25, 0.3) is 0 Å². The van der Waals surface area contributed by atoms with Crippen molar-refractivity contribution in [2.75, 3.05) is 31.6 Å². The van der Waals surface area contributed by atoms with E-state index in [4.69, 9.17) is 4.74 Å². The maximum atomic E-state index is 12.6. The fourth-order valence-electron chi connectivity index (χ4n) is 3.34. The highest BCUT2D eigenvalue weighted by molar-refractivity contribution is 5.95. The first-order valence-electron chi connectivity index (χ1n) is 10.1. The van der Waals surface area contributed by atoms with Gasteiger partial charge >= 0.3 is 6.09 Å². The van der Waals surface area contributed by atoms with Crippen LogP contribution in [-0.4, -0.2) is 54.2 Å². The number of nitrogens with one attached hydrogen (secondary N) is 2. The van der Waals surface area contributed by atoms with Gasteiger partial charge < -0.3 is 20.3 Å². The molecule has 1 aromatic carbocycles. The summed E-state index contributed by atoms with van der Waals surface area (Å²) in [5.74, 6) is 0.568. The molecule has 0 radical (unpaired) electrons. The maximum Gasteiger partial charge on any atom is 0.409 e. The van der Waals surface area contributed by atoms with Gasteiger partial charge in [-0.15, -0.1) is 0 Å². The van der Waals surface area contributed by atoms with Gasteiger partial charge in [0.15, 0.2) is 0 Å². The lowest BCUT2D eigenvalue weighted by molar-refractivity contribution is 0.0860. The van der Waals surface area contributed by atoms with E-state index in [2.05, 4.69) is 27.8 Å². The molecule has 1 aliphatic rings. The first kappa shape index (κ1) is 20.6. The minimum Gasteiger partial charge on any atom is -0.450 e. The number of aromatic nitrogens is 1. The average molecular weight is 396 g/mol. The SMILES string of the molecule is CCOC(=O)N1CCC(NC(=O)c2ccnc(NCCc3ccccc3)c2)CC1. The Balaban J connectivity index is 1.46. The topological polar surface area (TPSA) is 83.6 Å². The molecule has 1 aromatic heterocycles. The fraction of sp³-hybridized carbons (Fsp3) is 0.409. The largest absolute Gasteiger partial charge is 0.450 e.